The molecule has 1 aliphatic rings. The van der Waals surface area contributed by atoms with E-state index in [0.717, 1.165) is 16.4 Å². The van der Waals surface area contributed by atoms with Crippen LogP contribution in [0.3, 0.4) is 0 Å². The van der Waals surface area contributed by atoms with E-state index in [0.29, 0.717) is 24.4 Å². The van der Waals surface area contributed by atoms with Gasteiger partial charge in [0, 0.05) is 46.2 Å². The summed E-state index contributed by atoms with van der Waals surface area (Å²) in [5.74, 6) is 0.749. The van der Waals surface area contributed by atoms with Crippen LogP contribution in [0.15, 0.2) is 46.9 Å². The normalized spacial score (nSPS) is 13.8. The van der Waals surface area contributed by atoms with E-state index in [9.17, 15) is 4.79 Å². The summed E-state index contributed by atoms with van der Waals surface area (Å²) < 4.78 is 6.28. The molecule has 0 fully saturated rings. The number of nitrogens with zero attached hydrogens (tertiary/aromatic N) is 1. The van der Waals surface area contributed by atoms with Crippen LogP contribution in [-0.2, 0) is 13.0 Å². The topological polar surface area (TPSA) is 45.3 Å². The van der Waals surface area contributed by atoms with Gasteiger partial charge >= 0.3 is 0 Å². The molecule has 2 aromatic carbocycles. The first-order chi connectivity index (χ1) is 11.7. The number of H-pyrrole nitrogens is 1. The molecule has 0 saturated carbocycles. The number of ether oxygens (including phenoxy) is 1. The van der Waals surface area contributed by atoms with E-state index in [4.69, 9.17) is 4.74 Å². The van der Waals surface area contributed by atoms with Crippen LogP contribution in [0.25, 0.3) is 10.9 Å². The minimum absolute atomic E-state index is 0.0453. The molecule has 5 heteroatoms. The van der Waals surface area contributed by atoms with E-state index < -0.39 is 0 Å². The van der Waals surface area contributed by atoms with Crippen molar-refractivity contribution in [3.63, 3.8) is 0 Å². The first-order valence-electron chi connectivity index (χ1n) is 7.88. The molecule has 122 valence electrons. The van der Waals surface area contributed by atoms with Gasteiger partial charge in [0.1, 0.15) is 5.75 Å². The lowest BCUT2D eigenvalue weighted by Gasteiger charge is -2.27. The summed E-state index contributed by atoms with van der Waals surface area (Å²) >= 11 is 3.59. The molecular formula is C19H17BrN2O2. The molecule has 4 nitrogen and oxygen atoms in total. The first kappa shape index (κ1) is 15.3. The fourth-order valence-electron chi connectivity index (χ4n) is 3.31. The summed E-state index contributed by atoms with van der Waals surface area (Å²) in [4.78, 5) is 18.3. The number of benzene rings is 2. The molecule has 0 saturated heterocycles. The smallest absolute Gasteiger partial charge is 0.254 e. The minimum atomic E-state index is 0.0453. The molecule has 0 aliphatic carbocycles. The maximum atomic E-state index is 12.9. The van der Waals surface area contributed by atoms with Crippen LogP contribution >= 0.6 is 15.9 Å². The van der Waals surface area contributed by atoms with E-state index in [-0.39, 0.29) is 5.91 Å². The Balaban J connectivity index is 1.67. The fraction of sp³-hybridized carbons (Fsp3) is 0.211. The molecule has 2 heterocycles. The number of aromatic amines is 1. The van der Waals surface area contributed by atoms with Gasteiger partial charge in [-0.1, -0.05) is 18.2 Å². The van der Waals surface area contributed by atoms with Crippen molar-refractivity contribution in [2.24, 2.45) is 0 Å². The van der Waals surface area contributed by atoms with Gasteiger partial charge < -0.3 is 14.6 Å². The molecule has 0 radical (unpaired) electrons. The molecular weight excluding hydrogens is 368 g/mol. The van der Waals surface area contributed by atoms with Crippen LogP contribution in [0.2, 0.25) is 0 Å². The molecule has 0 unspecified atom stereocenters. The molecule has 4 rings (SSSR count). The predicted molar refractivity (Wildman–Crippen MR) is 97.4 cm³/mol. The van der Waals surface area contributed by atoms with E-state index >= 15 is 0 Å². The summed E-state index contributed by atoms with van der Waals surface area (Å²) in [5.41, 5.74) is 4.22. The second-order valence-corrected chi connectivity index (χ2v) is 6.81. The zero-order chi connectivity index (χ0) is 16.7. The number of methoxy groups -OCH3 is 1. The molecule has 0 atom stereocenters. The minimum Gasteiger partial charge on any atom is -0.497 e. The van der Waals surface area contributed by atoms with Gasteiger partial charge in [0.15, 0.2) is 0 Å². The first-order valence-corrected chi connectivity index (χ1v) is 8.68. The number of hydrogen-bond acceptors (Lipinski definition) is 2. The van der Waals surface area contributed by atoms with Crippen LogP contribution in [0.4, 0.5) is 0 Å². The Morgan fingerprint density at radius 2 is 2.08 bits per heavy atom. The lowest BCUT2D eigenvalue weighted by atomic mass is 10.0. The fourth-order valence-corrected chi connectivity index (χ4v) is 3.78. The highest BCUT2D eigenvalue weighted by molar-refractivity contribution is 9.10. The SMILES string of the molecule is COc1cccc(C(=O)N2CCc3[nH]c4c(Br)cccc4c3C2)c1. The van der Waals surface area contributed by atoms with Crippen molar-refractivity contribution < 1.29 is 9.53 Å². The van der Waals surface area contributed by atoms with E-state index in [1.54, 1.807) is 13.2 Å². The van der Waals surface area contributed by atoms with Crippen molar-refractivity contribution >= 4 is 32.7 Å². The van der Waals surface area contributed by atoms with Crippen molar-refractivity contribution in [3.8, 4) is 5.75 Å². The number of aromatic nitrogens is 1. The molecule has 1 aliphatic heterocycles. The van der Waals surface area contributed by atoms with Gasteiger partial charge in [-0.15, -0.1) is 0 Å². The Bertz CT molecular complexity index is 932. The molecule has 1 aromatic heterocycles. The number of halogens is 1. The number of rotatable bonds is 2. The van der Waals surface area contributed by atoms with Crippen molar-refractivity contribution in [2.75, 3.05) is 13.7 Å². The van der Waals surface area contributed by atoms with Gasteiger partial charge in [-0.3, -0.25) is 4.79 Å². The Kier molecular flexibility index (Phi) is 3.81. The lowest BCUT2D eigenvalue weighted by molar-refractivity contribution is 0.0734. The zero-order valence-electron chi connectivity index (χ0n) is 13.3. The van der Waals surface area contributed by atoms with Crippen molar-refractivity contribution in [1.82, 2.24) is 9.88 Å². The van der Waals surface area contributed by atoms with Gasteiger partial charge in [0.2, 0.25) is 0 Å². The second-order valence-electron chi connectivity index (χ2n) is 5.95. The summed E-state index contributed by atoms with van der Waals surface area (Å²) in [5, 5.41) is 1.18. The van der Waals surface area contributed by atoms with Gasteiger partial charge in [0.25, 0.3) is 5.91 Å². The molecule has 24 heavy (non-hydrogen) atoms. The summed E-state index contributed by atoms with van der Waals surface area (Å²) in [6.45, 7) is 1.34. The highest BCUT2D eigenvalue weighted by Crippen LogP contribution is 2.32. The van der Waals surface area contributed by atoms with Gasteiger partial charge in [-0.05, 0) is 40.2 Å². The van der Waals surface area contributed by atoms with Crippen molar-refractivity contribution in [2.45, 2.75) is 13.0 Å². The quantitative estimate of drug-likeness (QED) is 0.721. The number of fused-ring (bicyclic) bond motifs is 3. The molecule has 3 aromatic rings. The highest BCUT2D eigenvalue weighted by atomic mass is 79.9. The third-order valence-corrected chi connectivity index (χ3v) is 5.22. The predicted octanol–water partition coefficient (Wildman–Crippen LogP) is 4.14. The number of amides is 1. The maximum absolute atomic E-state index is 12.9. The Labute approximate surface area is 148 Å². The van der Waals surface area contributed by atoms with Crippen LogP contribution < -0.4 is 4.74 Å². The van der Waals surface area contributed by atoms with Crippen LogP contribution in [-0.4, -0.2) is 29.4 Å². The van der Waals surface area contributed by atoms with Crippen molar-refractivity contribution in [1.29, 1.82) is 0 Å². The Morgan fingerprint density at radius 1 is 1.25 bits per heavy atom. The monoisotopic (exact) mass is 384 g/mol. The third kappa shape index (κ3) is 2.49. The Hall–Kier alpha value is -2.27. The van der Waals surface area contributed by atoms with Crippen molar-refractivity contribution in [3.05, 3.63) is 63.8 Å². The van der Waals surface area contributed by atoms with Crippen LogP contribution in [0.5, 0.6) is 5.75 Å². The summed E-state index contributed by atoms with van der Waals surface area (Å²) in [6.07, 6.45) is 0.839. The summed E-state index contributed by atoms with van der Waals surface area (Å²) in [6, 6.07) is 13.5. The number of para-hydroxylation sites is 1. The molecule has 0 bridgehead atoms. The number of carbonyl (C=O) groups excluding carboxylic acids is 1. The Morgan fingerprint density at radius 3 is 2.92 bits per heavy atom. The van der Waals surface area contributed by atoms with E-state index in [1.165, 1.54) is 16.6 Å². The molecule has 1 amide bonds. The maximum Gasteiger partial charge on any atom is 0.254 e. The van der Waals surface area contributed by atoms with E-state index in [1.807, 2.05) is 35.2 Å². The van der Waals surface area contributed by atoms with Crippen LogP contribution in [0.1, 0.15) is 21.6 Å². The average Bonchev–Trinajstić information content (AvgIpc) is 3.00. The standard InChI is InChI=1S/C19H17BrN2O2/c1-24-13-5-2-4-12(10-13)19(23)22-9-8-17-15(11-22)14-6-3-7-16(20)18(14)21-17/h2-7,10,21H,8-9,11H2,1H3. The van der Waals surface area contributed by atoms with Gasteiger partial charge in [-0.2, -0.15) is 0 Å². The summed E-state index contributed by atoms with van der Waals surface area (Å²) in [7, 11) is 1.61. The molecule has 1 N–H and O–H groups in total. The van der Waals surface area contributed by atoms with Gasteiger partial charge in [-0.25, -0.2) is 0 Å². The molecule has 0 spiro atoms. The number of nitrogens with one attached hydrogen (secondary N) is 1. The highest BCUT2D eigenvalue weighted by Gasteiger charge is 2.25. The number of carbonyl (C=O) groups is 1. The lowest BCUT2D eigenvalue weighted by Crippen LogP contribution is -2.35. The van der Waals surface area contributed by atoms with E-state index in [2.05, 4.69) is 27.0 Å². The third-order valence-electron chi connectivity index (χ3n) is 4.56. The number of hydrogen-bond donors (Lipinski definition) is 1. The van der Waals surface area contributed by atoms with Crippen LogP contribution in [0, 0.1) is 0 Å². The second kappa shape index (κ2) is 5.98. The average molecular weight is 385 g/mol. The largest absolute Gasteiger partial charge is 0.497 e. The van der Waals surface area contributed by atoms with Gasteiger partial charge in [0.05, 0.1) is 12.6 Å². The zero-order valence-corrected chi connectivity index (χ0v) is 14.9.